The van der Waals surface area contributed by atoms with Crippen LogP contribution >= 0.6 is 11.6 Å². The van der Waals surface area contributed by atoms with Crippen molar-refractivity contribution in [1.29, 1.82) is 0 Å². The van der Waals surface area contributed by atoms with Gasteiger partial charge in [0.1, 0.15) is 16.2 Å². The van der Waals surface area contributed by atoms with Crippen LogP contribution in [-0.2, 0) is 10.0 Å². The highest BCUT2D eigenvalue weighted by molar-refractivity contribution is 7.92. The average Bonchev–Trinajstić information content (AvgIpc) is 2.86. The van der Waals surface area contributed by atoms with Crippen molar-refractivity contribution in [2.75, 3.05) is 4.72 Å². The van der Waals surface area contributed by atoms with Gasteiger partial charge in [-0.3, -0.25) is 9.52 Å². The lowest BCUT2D eigenvalue weighted by atomic mass is 9.83. The molecule has 1 heterocycles. The molecule has 0 aliphatic carbocycles. The minimum absolute atomic E-state index is 0.0387. The zero-order valence-corrected chi connectivity index (χ0v) is 22.5. The number of carbonyl (C=O) groups excluding carboxylic acids is 1. The molecule has 2 N–H and O–H groups in total. The highest BCUT2D eigenvalue weighted by Crippen LogP contribution is 2.42. The highest BCUT2D eigenvalue weighted by atomic mass is 35.5. The largest absolute Gasteiger partial charge is 0.487 e. The molecule has 190 valence electrons. The summed E-state index contributed by atoms with van der Waals surface area (Å²) in [7, 11) is -4.03. The van der Waals surface area contributed by atoms with Gasteiger partial charge in [0.15, 0.2) is 0 Å². The van der Waals surface area contributed by atoms with Crippen LogP contribution in [0.4, 0.5) is 5.69 Å². The molecule has 36 heavy (non-hydrogen) atoms. The third kappa shape index (κ3) is 5.22. The summed E-state index contributed by atoms with van der Waals surface area (Å²) in [6.45, 7) is 7.86. The molecule has 1 aliphatic rings. The Kier molecular flexibility index (Phi) is 7.34. The summed E-state index contributed by atoms with van der Waals surface area (Å²) in [6.07, 6.45) is 2.23. The molecule has 0 aromatic heterocycles. The summed E-state index contributed by atoms with van der Waals surface area (Å²) >= 11 is 6.29. The maximum absolute atomic E-state index is 13.3. The lowest BCUT2D eigenvalue weighted by molar-refractivity contribution is 0.0227. The van der Waals surface area contributed by atoms with Gasteiger partial charge in [0, 0.05) is 17.5 Å². The summed E-state index contributed by atoms with van der Waals surface area (Å²) < 4.78 is 35.4. The molecular formula is C28H31ClN2O4S. The van der Waals surface area contributed by atoms with E-state index in [0.717, 1.165) is 35.3 Å². The van der Waals surface area contributed by atoms with E-state index in [2.05, 4.69) is 23.9 Å². The molecule has 6 nitrogen and oxygen atoms in total. The van der Waals surface area contributed by atoms with Crippen molar-refractivity contribution in [2.45, 2.75) is 63.5 Å². The second-order valence-electron chi connectivity index (χ2n) is 9.33. The van der Waals surface area contributed by atoms with Crippen LogP contribution in [0.15, 0.2) is 65.6 Å². The normalized spacial score (nSPS) is 16.5. The summed E-state index contributed by atoms with van der Waals surface area (Å²) in [6, 6.07) is 17.2. The second-order valence-corrected chi connectivity index (χ2v) is 11.4. The first kappa shape index (κ1) is 26.0. The molecule has 4 rings (SSSR count). The Hall–Kier alpha value is -3.03. The number of halogens is 1. The second kappa shape index (κ2) is 10.1. The molecule has 3 aromatic carbocycles. The van der Waals surface area contributed by atoms with E-state index in [4.69, 9.17) is 16.3 Å². The summed E-state index contributed by atoms with van der Waals surface area (Å²) in [5.74, 6) is 0.382. The molecule has 1 aliphatic heterocycles. The fraction of sp³-hybridized carbons (Fsp3) is 0.321. The number of benzene rings is 3. The maximum atomic E-state index is 13.3. The van der Waals surface area contributed by atoms with Crippen molar-refractivity contribution < 1.29 is 17.9 Å². The fourth-order valence-electron chi connectivity index (χ4n) is 4.57. The molecule has 3 aromatic rings. The van der Waals surface area contributed by atoms with E-state index >= 15 is 0 Å². The van der Waals surface area contributed by atoms with Gasteiger partial charge in [-0.15, -0.1) is 0 Å². The summed E-state index contributed by atoms with van der Waals surface area (Å²) in [5.41, 5.74) is 2.91. The van der Waals surface area contributed by atoms with Crippen molar-refractivity contribution in [1.82, 2.24) is 5.32 Å². The Morgan fingerprint density at radius 3 is 2.50 bits per heavy atom. The number of nitrogens with one attached hydrogen (secondary N) is 2. The predicted octanol–water partition coefficient (Wildman–Crippen LogP) is 6.57. The van der Waals surface area contributed by atoms with Crippen molar-refractivity contribution in [3.8, 4) is 5.75 Å². The lowest BCUT2D eigenvalue weighted by Crippen LogP contribution is -2.44. The standard InChI is InChI=1S/C28H31ClN2O4S/c1-5-28(6-2)17-24(21-9-7-8-10-25(21)35-28)30-27(32)20-13-14-22(29)26(16-20)36(33,34)31-23-15-18(3)11-12-19(23)4/h7-16,24,31H,5-6,17H2,1-4H3,(H,30,32)/t24-/m0/s1. The number of fused-ring (bicyclic) bond motifs is 1. The molecule has 0 fully saturated rings. The number of para-hydroxylation sites is 1. The van der Waals surface area contributed by atoms with Crippen LogP contribution in [-0.4, -0.2) is 19.9 Å². The quantitative estimate of drug-likeness (QED) is 0.364. The number of hydrogen-bond donors (Lipinski definition) is 2. The van der Waals surface area contributed by atoms with Crippen LogP contribution in [0.2, 0.25) is 5.02 Å². The molecule has 1 amide bonds. The van der Waals surface area contributed by atoms with E-state index in [1.807, 2.05) is 50.2 Å². The smallest absolute Gasteiger partial charge is 0.263 e. The highest BCUT2D eigenvalue weighted by Gasteiger charge is 2.39. The Bertz CT molecular complexity index is 1400. The molecule has 0 saturated carbocycles. The minimum atomic E-state index is -4.03. The van der Waals surface area contributed by atoms with Gasteiger partial charge in [-0.25, -0.2) is 8.42 Å². The van der Waals surface area contributed by atoms with Crippen molar-refractivity contribution in [3.63, 3.8) is 0 Å². The minimum Gasteiger partial charge on any atom is -0.487 e. The number of sulfonamides is 1. The van der Waals surface area contributed by atoms with E-state index in [9.17, 15) is 13.2 Å². The Labute approximate surface area is 218 Å². The number of hydrogen-bond acceptors (Lipinski definition) is 4. The number of amides is 1. The summed E-state index contributed by atoms with van der Waals surface area (Å²) in [4.78, 5) is 13.2. The van der Waals surface area contributed by atoms with Gasteiger partial charge in [0.25, 0.3) is 15.9 Å². The van der Waals surface area contributed by atoms with Crippen LogP contribution < -0.4 is 14.8 Å². The van der Waals surface area contributed by atoms with E-state index in [1.54, 1.807) is 6.07 Å². The van der Waals surface area contributed by atoms with Gasteiger partial charge < -0.3 is 10.1 Å². The van der Waals surface area contributed by atoms with E-state index in [0.29, 0.717) is 12.1 Å². The van der Waals surface area contributed by atoms with Crippen LogP contribution in [0.25, 0.3) is 0 Å². The number of aryl methyl sites for hydroxylation is 2. The topological polar surface area (TPSA) is 84.5 Å². The molecular weight excluding hydrogens is 496 g/mol. The molecule has 0 spiro atoms. The Morgan fingerprint density at radius 1 is 1.06 bits per heavy atom. The molecule has 0 bridgehead atoms. The first-order valence-corrected chi connectivity index (χ1v) is 13.9. The molecule has 8 heteroatoms. The van der Waals surface area contributed by atoms with Gasteiger partial charge in [-0.05, 0) is 68.1 Å². The monoisotopic (exact) mass is 526 g/mol. The lowest BCUT2D eigenvalue weighted by Gasteiger charge is -2.41. The third-order valence-electron chi connectivity index (χ3n) is 6.91. The number of carbonyl (C=O) groups is 1. The van der Waals surface area contributed by atoms with Crippen molar-refractivity contribution in [3.05, 3.63) is 87.9 Å². The number of anilines is 1. The third-order valence-corrected chi connectivity index (χ3v) is 8.76. The Balaban J connectivity index is 1.63. The first-order valence-electron chi connectivity index (χ1n) is 12.1. The zero-order chi connectivity index (χ0) is 26.1. The zero-order valence-electron chi connectivity index (χ0n) is 20.9. The molecule has 0 unspecified atom stereocenters. The van der Waals surface area contributed by atoms with Crippen molar-refractivity contribution in [2.24, 2.45) is 0 Å². The summed E-state index contributed by atoms with van der Waals surface area (Å²) in [5, 5.41) is 3.14. The molecule has 1 atom stereocenters. The number of ether oxygens (including phenoxy) is 1. The predicted molar refractivity (Wildman–Crippen MR) is 143 cm³/mol. The average molecular weight is 527 g/mol. The van der Waals surface area contributed by atoms with Gasteiger partial charge in [0.05, 0.1) is 16.8 Å². The maximum Gasteiger partial charge on any atom is 0.263 e. The van der Waals surface area contributed by atoms with Crippen LogP contribution in [0, 0.1) is 13.8 Å². The van der Waals surface area contributed by atoms with Gasteiger partial charge in [-0.2, -0.15) is 0 Å². The van der Waals surface area contributed by atoms with E-state index in [-0.39, 0.29) is 33.0 Å². The van der Waals surface area contributed by atoms with Gasteiger partial charge in [-0.1, -0.05) is 55.8 Å². The Morgan fingerprint density at radius 2 is 1.78 bits per heavy atom. The van der Waals surface area contributed by atoms with Crippen LogP contribution in [0.5, 0.6) is 5.75 Å². The SMILES string of the molecule is CCC1(CC)C[C@H](NC(=O)c2ccc(Cl)c(S(=O)(=O)Nc3cc(C)ccc3C)c2)c2ccccc2O1. The van der Waals surface area contributed by atoms with E-state index in [1.165, 1.54) is 18.2 Å². The molecule has 0 radical (unpaired) electrons. The van der Waals surface area contributed by atoms with Gasteiger partial charge >= 0.3 is 0 Å². The molecule has 0 saturated heterocycles. The van der Waals surface area contributed by atoms with Crippen LogP contribution in [0.1, 0.15) is 66.2 Å². The van der Waals surface area contributed by atoms with Gasteiger partial charge in [0.2, 0.25) is 0 Å². The van der Waals surface area contributed by atoms with Crippen molar-refractivity contribution >= 4 is 33.2 Å². The van der Waals surface area contributed by atoms with Crippen LogP contribution in [0.3, 0.4) is 0 Å². The fourth-order valence-corrected chi connectivity index (χ4v) is 6.22. The first-order chi connectivity index (χ1) is 17.1. The number of rotatable bonds is 7. The van der Waals surface area contributed by atoms with E-state index < -0.39 is 10.0 Å².